The maximum Gasteiger partial charge on any atom is 0.340 e. The van der Waals surface area contributed by atoms with Crippen LogP contribution in [0.2, 0.25) is 5.02 Å². The second kappa shape index (κ2) is 10.6. The standard InChI is InChI=1S/C21H25ClN2O6S/c1-5-24(6-2)31(27,28)15-11-12-17(22)16(13-15)21(26)30-14(3)20(25)23-18-9-7-8-10-19(18)29-4/h7-14H,5-6H2,1-4H3,(H,23,25)/t14-/m1/s1. The Labute approximate surface area is 187 Å². The molecule has 0 aromatic heterocycles. The molecule has 168 valence electrons. The lowest BCUT2D eigenvalue weighted by molar-refractivity contribution is -0.123. The second-order valence-corrected chi connectivity index (χ2v) is 8.81. The minimum atomic E-state index is -3.79. The van der Waals surface area contributed by atoms with E-state index in [0.29, 0.717) is 11.4 Å². The zero-order valence-electron chi connectivity index (χ0n) is 17.7. The first kappa shape index (κ1) is 24.6. The van der Waals surface area contributed by atoms with Crippen molar-refractivity contribution in [2.24, 2.45) is 0 Å². The van der Waals surface area contributed by atoms with Gasteiger partial charge in [0, 0.05) is 13.1 Å². The van der Waals surface area contributed by atoms with E-state index in [4.69, 9.17) is 21.1 Å². The molecule has 31 heavy (non-hydrogen) atoms. The number of nitrogens with zero attached hydrogens (tertiary/aromatic N) is 1. The second-order valence-electron chi connectivity index (χ2n) is 6.47. The maximum atomic E-state index is 12.7. The molecule has 0 heterocycles. The van der Waals surface area contributed by atoms with Crippen LogP contribution in [0.15, 0.2) is 47.4 Å². The molecule has 1 atom stereocenters. The summed E-state index contributed by atoms with van der Waals surface area (Å²) in [4.78, 5) is 25.0. The molecule has 2 rings (SSSR count). The Balaban J connectivity index is 2.20. The highest BCUT2D eigenvalue weighted by Gasteiger charge is 2.26. The summed E-state index contributed by atoms with van der Waals surface area (Å²) in [5.74, 6) is -1.04. The van der Waals surface area contributed by atoms with Crippen molar-refractivity contribution in [1.29, 1.82) is 0 Å². The maximum absolute atomic E-state index is 12.7. The van der Waals surface area contributed by atoms with Crippen LogP contribution in [0.25, 0.3) is 0 Å². The number of para-hydroxylation sites is 2. The van der Waals surface area contributed by atoms with Crippen LogP contribution < -0.4 is 10.1 Å². The van der Waals surface area contributed by atoms with Gasteiger partial charge in [0.25, 0.3) is 5.91 Å². The van der Waals surface area contributed by atoms with E-state index in [1.807, 2.05) is 0 Å². The summed E-state index contributed by atoms with van der Waals surface area (Å²) in [7, 11) is -2.33. The molecule has 0 unspecified atom stereocenters. The molecule has 0 saturated carbocycles. The highest BCUT2D eigenvalue weighted by atomic mass is 35.5. The number of carbonyl (C=O) groups excluding carboxylic acids is 2. The predicted molar refractivity (Wildman–Crippen MR) is 118 cm³/mol. The molecule has 1 N–H and O–H groups in total. The van der Waals surface area contributed by atoms with E-state index >= 15 is 0 Å². The molecular formula is C21H25ClN2O6S. The Kier molecular flexibility index (Phi) is 8.43. The van der Waals surface area contributed by atoms with Crippen molar-refractivity contribution < 1.29 is 27.5 Å². The molecule has 0 spiro atoms. The first-order valence-electron chi connectivity index (χ1n) is 9.60. The molecule has 2 aromatic carbocycles. The predicted octanol–water partition coefficient (Wildman–Crippen LogP) is 3.56. The fourth-order valence-corrected chi connectivity index (χ4v) is 4.47. The van der Waals surface area contributed by atoms with Crippen LogP contribution in [0.5, 0.6) is 5.75 Å². The fraction of sp³-hybridized carbons (Fsp3) is 0.333. The van der Waals surface area contributed by atoms with Crippen molar-refractivity contribution in [2.75, 3.05) is 25.5 Å². The number of benzene rings is 2. The minimum Gasteiger partial charge on any atom is -0.495 e. The molecule has 10 heteroatoms. The molecule has 0 saturated heterocycles. The molecule has 2 aromatic rings. The number of amides is 1. The minimum absolute atomic E-state index is 0.0147. The molecule has 0 radical (unpaired) electrons. The zero-order chi connectivity index (χ0) is 23.2. The van der Waals surface area contributed by atoms with E-state index in [-0.39, 0.29) is 28.6 Å². The van der Waals surface area contributed by atoms with Gasteiger partial charge >= 0.3 is 5.97 Å². The summed E-state index contributed by atoms with van der Waals surface area (Å²) in [5.41, 5.74) is 0.273. The Morgan fingerprint density at radius 2 is 1.77 bits per heavy atom. The van der Waals surface area contributed by atoms with Gasteiger partial charge in [-0.15, -0.1) is 0 Å². The van der Waals surface area contributed by atoms with E-state index < -0.39 is 28.0 Å². The third kappa shape index (κ3) is 5.75. The topological polar surface area (TPSA) is 102 Å². The summed E-state index contributed by atoms with van der Waals surface area (Å²) in [6.07, 6.45) is -1.17. The summed E-state index contributed by atoms with van der Waals surface area (Å²) in [5, 5.41) is 2.64. The number of halogens is 1. The Morgan fingerprint density at radius 1 is 1.13 bits per heavy atom. The van der Waals surface area contributed by atoms with Crippen LogP contribution in [0.3, 0.4) is 0 Å². The summed E-state index contributed by atoms with van der Waals surface area (Å²) >= 11 is 6.09. The van der Waals surface area contributed by atoms with Crippen molar-refractivity contribution >= 4 is 39.2 Å². The van der Waals surface area contributed by atoms with E-state index in [2.05, 4.69) is 5.32 Å². The number of rotatable bonds is 9. The number of ether oxygens (including phenoxy) is 2. The van der Waals surface area contributed by atoms with Crippen molar-refractivity contribution in [3.05, 3.63) is 53.1 Å². The van der Waals surface area contributed by atoms with Crippen LogP contribution in [0.4, 0.5) is 5.69 Å². The zero-order valence-corrected chi connectivity index (χ0v) is 19.3. The number of methoxy groups -OCH3 is 1. The number of nitrogens with one attached hydrogen (secondary N) is 1. The number of anilines is 1. The molecule has 0 aliphatic rings. The first-order valence-corrected chi connectivity index (χ1v) is 11.4. The molecule has 0 bridgehead atoms. The molecular weight excluding hydrogens is 444 g/mol. The molecule has 1 amide bonds. The Bertz CT molecular complexity index is 1050. The van der Waals surface area contributed by atoms with Gasteiger partial charge in [-0.2, -0.15) is 4.31 Å². The lowest BCUT2D eigenvalue weighted by Crippen LogP contribution is -2.31. The van der Waals surface area contributed by atoms with Crippen molar-refractivity contribution in [1.82, 2.24) is 4.31 Å². The van der Waals surface area contributed by atoms with E-state index in [0.717, 1.165) is 6.07 Å². The van der Waals surface area contributed by atoms with Crippen LogP contribution in [0.1, 0.15) is 31.1 Å². The smallest absolute Gasteiger partial charge is 0.340 e. The molecule has 8 nitrogen and oxygen atoms in total. The SMILES string of the molecule is CCN(CC)S(=O)(=O)c1ccc(Cl)c(C(=O)O[C@H](C)C(=O)Nc2ccccc2OC)c1. The highest BCUT2D eigenvalue weighted by molar-refractivity contribution is 7.89. The van der Waals surface area contributed by atoms with E-state index in [1.54, 1.807) is 38.1 Å². The number of hydrogen-bond donors (Lipinski definition) is 1. The van der Waals surface area contributed by atoms with Crippen molar-refractivity contribution in [3.63, 3.8) is 0 Å². The summed E-state index contributed by atoms with van der Waals surface area (Å²) < 4.78 is 37.1. The molecule has 0 aliphatic carbocycles. The van der Waals surface area contributed by atoms with Gasteiger partial charge in [0.05, 0.1) is 28.3 Å². The lowest BCUT2D eigenvalue weighted by atomic mass is 10.2. The van der Waals surface area contributed by atoms with Crippen LogP contribution in [-0.2, 0) is 19.6 Å². The molecule has 0 fully saturated rings. The third-order valence-electron chi connectivity index (χ3n) is 4.52. The summed E-state index contributed by atoms with van der Waals surface area (Å²) in [6.45, 7) is 5.39. The first-order chi connectivity index (χ1) is 14.6. The lowest BCUT2D eigenvalue weighted by Gasteiger charge is -2.19. The van der Waals surface area contributed by atoms with Gasteiger partial charge in [-0.1, -0.05) is 37.6 Å². The van der Waals surface area contributed by atoms with E-state index in [9.17, 15) is 18.0 Å². The normalized spacial score (nSPS) is 12.3. The van der Waals surface area contributed by atoms with Crippen LogP contribution in [0, 0.1) is 0 Å². The van der Waals surface area contributed by atoms with Gasteiger partial charge in [-0.25, -0.2) is 13.2 Å². The van der Waals surface area contributed by atoms with Crippen LogP contribution in [-0.4, -0.2) is 50.9 Å². The van der Waals surface area contributed by atoms with Gasteiger partial charge in [0.1, 0.15) is 5.75 Å². The number of esters is 1. The van der Waals surface area contributed by atoms with Gasteiger partial charge in [-0.3, -0.25) is 4.79 Å². The number of sulfonamides is 1. The quantitative estimate of drug-likeness (QED) is 0.564. The fourth-order valence-electron chi connectivity index (χ4n) is 2.79. The monoisotopic (exact) mass is 468 g/mol. The average molecular weight is 469 g/mol. The van der Waals surface area contributed by atoms with Gasteiger partial charge < -0.3 is 14.8 Å². The van der Waals surface area contributed by atoms with E-state index in [1.165, 1.54) is 30.5 Å². The van der Waals surface area contributed by atoms with Crippen LogP contribution >= 0.6 is 11.6 Å². The molecule has 0 aliphatic heterocycles. The van der Waals surface area contributed by atoms with Crippen molar-refractivity contribution in [3.8, 4) is 5.75 Å². The average Bonchev–Trinajstić information content (AvgIpc) is 2.74. The Morgan fingerprint density at radius 3 is 2.39 bits per heavy atom. The number of hydrogen-bond acceptors (Lipinski definition) is 6. The highest BCUT2D eigenvalue weighted by Crippen LogP contribution is 2.25. The van der Waals surface area contributed by atoms with Gasteiger partial charge in [-0.05, 0) is 37.3 Å². The Hall–Kier alpha value is -2.62. The summed E-state index contributed by atoms with van der Waals surface area (Å²) in [6, 6.07) is 10.6. The van der Waals surface area contributed by atoms with Gasteiger partial charge in [0.2, 0.25) is 10.0 Å². The number of carbonyl (C=O) groups is 2. The van der Waals surface area contributed by atoms with Gasteiger partial charge in [0.15, 0.2) is 6.10 Å². The third-order valence-corrected chi connectivity index (χ3v) is 6.89. The van der Waals surface area contributed by atoms with Crippen molar-refractivity contribution in [2.45, 2.75) is 31.8 Å². The largest absolute Gasteiger partial charge is 0.495 e.